The number of halogens is 3. The first-order chi connectivity index (χ1) is 13.4. The molecule has 1 saturated heterocycles. The van der Waals surface area contributed by atoms with Crippen molar-refractivity contribution < 1.29 is 18.0 Å². The number of carbonyl (C=O) groups is 1. The summed E-state index contributed by atoms with van der Waals surface area (Å²) in [6.45, 7) is 1.04. The Bertz CT molecular complexity index is 993. The van der Waals surface area contributed by atoms with Gasteiger partial charge < -0.3 is 10.6 Å². The fourth-order valence-electron chi connectivity index (χ4n) is 3.78. The molecule has 0 saturated carbocycles. The molecular weight excluding hydrogens is 365 g/mol. The van der Waals surface area contributed by atoms with Gasteiger partial charge in [-0.2, -0.15) is 13.2 Å². The lowest BCUT2D eigenvalue weighted by molar-refractivity contribution is -0.137. The lowest BCUT2D eigenvalue weighted by Crippen LogP contribution is -2.28. The molecule has 28 heavy (non-hydrogen) atoms. The average Bonchev–Trinajstić information content (AvgIpc) is 3.18. The molecule has 6 heteroatoms. The van der Waals surface area contributed by atoms with Gasteiger partial charge in [-0.3, -0.25) is 4.79 Å². The minimum Gasteiger partial charge on any atom is -0.325 e. The SMILES string of the molecule is O=C(Nc1cccc2ccccc12)[C@H]1CNCC1c1ccc(C(F)(F)F)cc1. The Kier molecular flexibility index (Phi) is 4.81. The largest absolute Gasteiger partial charge is 0.416 e. The van der Waals surface area contributed by atoms with Gasteiger partial charge in [-0.05, 0) is 29.1 Å². The smallest absolute Gasteiger partial charge is 0.325 e. The number of rotatable bonds is 3. The Morgan fingerprint density at radius 1 is 0.929 bits per heavy atom. The monoisotopic (exact) mass is 384 g/mol. The Hall–Kier alpha value is -2.86. The normalized spacial score (nSPS) is 19.7. The Balaban J connectivity index is 1.55. The molecule has 1 aliphatic rings. The van der Waals surface area contributed by atoms with E-state index in [4.69, 9.17) is 0 Å². The van der Waals surface area contributed by atoms with Crippen LogP contribution in [-0.4, -0.2) is 19.0 Å². The van der Waals surface area contributed by atoms with E-state index in [2.05, 4.69) is 10.6 Å². The van der Waals surface area contributed by atoms with Gasteiger partial charge in [0, 0.05) is 30.1 Å². The van der Waals surface area contributed by atoms with Crippen LogP contribution in [0.2, 0.25) is 0 Å². The topological polar surface area (TPSA) is 41.1 Å². The van der Waals surface area contributed by atoms with E-state index >= 15 is 0 Å². The van der Waals surface area contributed by atoms with Gasteiger partial charge in [-0.1, -0.05) is 48.5 Å². The predicted molar refractivity (Wildman–Crippen MR) is 103 cm³/mol. The summed E-state index contributed by atoms with van der Waals surface area (Å²) in [5.74, 6) is -0.654. The van der Waals surface area contributed by atoms with Crippen molar-refractivity contribution in [3.63, 3.8) is 0 Å². The van der Waals surface area contributed by atoms with Gasteiger partial charge in [0.1, 0.15) is 0 Å². The quantitative estimate of drug-likeness (QED) is 0.681. The fraction of sp³-hybridized carbons (Fsp3) is 0.227. The number of alkyl halides is 3. The van der Waals surface area contributed by atoms with Gasteiger partial charge >= 0.3 is 6.18 Å². The Morgan fingerprint density at radius 3 is 2.39 bits per heavy atom. The molecule has 1 fully saturated rings. The minimum atomic E-state index is -4.36. The van der Waals surface area contributed by atoms with Gasteiger partial charge in [0.15, 0.2) is 0 Å². The van der Waals surface area contributed by atoms with Crippen molar-refractivity contribution in [3.8, 4) is 0 Å². The molecule has 2 N–H and O–H groups in total. The van der Waals surface area contributed by atoms with Crippen LogP contribution in [0.25, 0.3) is 10.8 Å². The van der Waals surface area contributed by atoms with Crippen LogP contribution in [0.15, 0.2) is 66.7 Å². The zero-order valence-electron chi connectivity index (χ0n) is 15.0. The predicted octanol–water partition coefficient (Wildman–Crippen LogP) is 4.80. The van der Waals surface area contributed by atoms with Crippen LogP contribution in [0.3, 0.4) is 0 Å². The number of amides is 1. The lowest BCUT2D eigenvalue weighted by Gasteiger charge is -2.20. The number of fused-ring (bicyclic) bond motifs is 1. The van der Waals surface area contributed by atoms with Crippen molar-refractivity contribution in [3.05, 3.63) is 77.9 Å². The van der Waals surface area contributed by atoms with Crippen molar-refractivity contribution in [2.24, 2.45) is 5.92 Å². The van der Waals surface area contributed by atoms with Crippen LogP contribution < -0.4 is 10.6 Å². The second-order valence-corrected chi connectivity index (χ2v) is 7.01. The summed E-state index contributed by atoms with van der Waals surface area (Å²) in [6, 6.07) is 18.6. The highest BCUT2D eigenvalue weighted by Crippen LogP contribution is 2.34. The molecule has 2 atom stereocenters. The Labute approximate surface area is 160 Å². The number of hydrogen-bond donors (Lipinski definition) is 2. The number of benzene rings is 3. The molecule has 3 nitrogen and oxygen atoms in total. The van der Waals surface area contributed by atoms with Crippen LogP contribution in [0.4, 0.5) is 18.9 Å². The number of nitrogens with one attached hydrogen (secondary N) is 2. The lowest BCUT2D eigenvalue weighted by atomic mass is 9.87. The summed E-state index contributed by atoms with van der Waals surface area (Å²) in [7, 11) is 0. The van der Waals surface area contributed by atoms with E-state index in [0.717, 1.165) is 34.2 Å². The van der Waals surface area contributed by atoms with Crippen molar-refractivity contribution in [2.75, 3.05) is 18.4 Å². The van der Waals surface area contributed by atoms with E-state index in [1.165, 1.54) is 12.1 Å². The zero-order valence-corrected chi connectivity index (χ0v) is 15.0. The summed E-state index contributed by atoms with van der Waals surface area (Å²) >= 11 is 0. The molecule has 0 aliphatic carbocycles. The number of anilines is 1. The highest BCUT2D eigenvalue weighted by Gasteiger charge is 2.35. The maximum Gasteiger partial charge on any atom is 0.416 e. The summed E-state index contributed by atoms with van der Waals surface area (Å²) in [6.07, 6.45) is -4.36. The van der Waals surface area contributed by atoms with E-state index in [0.29, 0.717) is 13.1 Å². The first-order valence-electron chi connectivity index (χ1n) is 9.10. The highest BCUT2D eigenvalue weighted by molar-refractivity contribution is 6.03. The van der Waals surface area contributed by atoms with Crippen LogP contribution >= 0.6 is 0 Å². The van der Waals surface area contributed by atoms with Gasteiger partial charge in [0.25, 0.3) is 0 Å². The van der Waals surface area contributed by atoms with Crippen LogP contribution in [0.5, 0.6) is 0 Å². The molecule has 144 valence electrons. The highest BCUT2D eigenvalue weighted by atomic mass is 19.4. The molecule has 3 aromatic rings. The first kappa shape index (κ1) is 18.5. The minimum absolute atomic E-state index is 0.133. The van der Waals surface area contributed by atoms with E-state index < -0.39 is 11.7 Å². The summed E-state index contributed by atoms with van der Waals surface area (Å²) in [5.41, 5.74) is 0.788. The second kappa shape index (κ2) is 7.28. The molecule has 0 spiro atoms. The third-order valence-corrected chi connectivity index (χ3v) is 5.26. The molecule has 1 amide bonds. The van der Waals surface area contributed by atoms with E-state index in [1.54, 1.807) is 0 Å². The van der Waals surface area contributed by atoms with Crippen molar-refractivity contribution in [2.45, 2.75) is 12.1 Å². The van der Waals surface area contributed by atoms with Crippen molar-refractivity contribution in [1.29, 1.82) is 0 Å². The molecule has 1 unspecified atom stereocenters. The van der Waals surface area contributed by atoms with Gasteiger partial charge in [0.05, 0.1) is 11.5 Å². The van der Waals surface area contributed by atoms with Crippen LogP contribution in [0.1, 0.15) is 17.0 Å². The van der Waals surface area contributed by atoms with Gasteiger partial charge in [-0.25, -0.2) is 0 Å². The third-order valence-electron chi connectivity index (χ3n) is 5.26. The number of hydrogen-bond acceptors (Lipinski definition) is 2. The maximum atomic E-state index is 12.9. The van der Waals surface area contributed by atoms with E-state index in [9.17, 15) is 18.0 Å². The van der Waals surface area contributed by atoms with Gasteiger partial charge in [0.2, 0.25) is 5.91 Å². The Morgan fingerprint density at radius 2 is 1.64 bits per heavy atom. The molecule has 1 aliphatic heterocycles. The van der Waals surface area contributed by atoms with Gasteiger partial charge in [-0.15, -0.1) is 0 Å². The molecule has 1 heterocycles. The first-order valence-corrected chi connectivity index (χ1v) is 9.10. The van der Waals surface area contributed by atoms with Crippen molar-refractivity contribution >= 4 is 22.4 Å². The molecule has 3 aromatic carbocycles. The maximum absolute atomic E-state index is 12.9. The molecule has 0 bridgehead atoms. The summed E-state index contributed by atoms with van der Waals surface area (Å²) in [5, 5.41) is 8.18. The number of carbonyl (C=O) groups excluding carboxylic acids is 1. The molecule has 0 aromatic heterocycles. The van der Waals surface area contributed by atoms with Crippen molar-refractivity contribution in [1.82, 2.24) is 5.32 Å². The van der Waals surface area contributed by atoms with E-state index in [1.807, 2.05) is 42.5 Å². The standard InChI is InChI=1S/C22H19F3N2O/c23-22(24,25)16-10-8-15(9-11-16)18-12-26-13-19(18)21(28)27-20-7-3-5-14-4-1-2-6-17(14)20/h1-11,18-19,26H,12-13H2,(H,27,28)/t18?,19-/m0/s1. The molecule has 0 radical (unpaired) electrons. The van der Waals surface area contributed by atoms with E-state index in [-0.39, 0.29) is 17.7 Å². The molecular formula is C22H19F3N2O. The summed E-state index contributed by atoms with van der Waals surface area (Å²) in [4.78, 5) is 12.9. The fourth-order valence-corrected chi connectivity index (χ4v) is 3.78. The zero-order chi connectivity index (χ0) is 19.7. The second-order valence-electron chi connectivity index (χ2n) is 7.01. The van der Waals surface area contributed by atoms with Crippen LogP contribution in [0, 0.1) is 5.92 Å². The third kappa shape index (κ3) is 3.60. The average molecular weight is 384 g/mol. The van der Waals surface area contributed by atoms with Crippen LogP contribution in [-0.2, 0) is 11.0 Å². The molecule has 4 rings (SSSR count). The summed E-state index contributed by atoms with van der Waals surface area (Å²) < 4.78 is 38.4.